The van der Waals surface area contributed by atoms with Crippen LogP contribution in [0.4, 0.5) is 17.6 Å². The average molecular weight is 403 g/mol. The van der Waals surface area contributed by atoms with Gasteiger partial charge in [-0.25, -0.2) is 0 Å². The third-order valence-electron chi connectivity index (χ3n) is 4.88. The van der Waals surface area contributed by atoms with Crippen LogP contribution in [-0.4, -0.2) is 49.4 Å². The molecule has 3 aromatic heterocycles. The Morgan fingerprint density at radius 3 is 2.60 bits per heavy atom. The zero-order valence-electron chi connectivity index (χ0n) is 17.3. The Balaban J connectivity index is 1.71. The molecule has 2 N–H and O–H groups in total. The van der Waals surface area contributed by atoms with Crippen molar-refractivity contribution < 1.29 is 5.11 Å². The van der Waals surface area contributed by atoms with E-state index >= 15 is 0 Å². The fraction of sp³-hybridized carbons (Fsp3) is 0.273. The largest absolute Gasteiger partial charge is 0.392 e. The van der Waals surface area contributed by atoms with Crippen LogP contribution in [-0.2, 0) is 6.42 Å². The molecule has 0 fully saturated rings. The predicted octanol–water partition coefficient (Wildman–Crippen LogP) is 3.31. The smallest absolute Gasteiger partial charge is 0.236 e. The minimum atomic E-state index is -0.499. The van der Waals surface area contributed by atoms with Crippen LogP contribution in [0, 0.1) is 0 Å². The van der Waals surface area contributed by atoms with E-state index in [9.17, 15) is 5.11 Å². The average Bonchev–Trinajstić information content (AvgIpc) is 3.20. The molecule has 0 aliphatic rings. The first kappa shape index (κ1) is 19.8. The molecule has 0 aliphatic heterocycles. The Morgan fingerprint density at radius 2 is 1.93 bits per heavy atom. The first-order valence-electron chi connectivity index (χ1n) is 9.98. The summed E-state index contributed by atoms with van der Waals surface area (Å²) in [7, 11) is 1.95. The number of nitrogens with zero attached hydrogens (tertiary/aromatic N) is 6. The van der Waals surface area contributed by atoms with Gasteiger partial charge in [-0.05, 0) is 37.6 Å². The van der Waals surface area contributed by atoms with Crippen molar-refractivity contribution in [3.8, 4) is 11.3 Å². The molecule has 0 unspecified atom stereocenters. The van der Waals surface area contributed by atoms with Crippen molar-refractivity contribution in [2.24, 2.45) is 0 Å². The number of hydrogen-bond acceptors (Lipinski definition) is 7. The molecule has 8 nitrogen and oxygen atoms in total. The van der Waals surface area contributed by atoms with Crippen LogP contribution in [0.3, 0.4) is 0 Å². The van der Waals surface area contributed by atoms with Crippen LogP contribution < -0.4 is 10.2 Å². The zero-order chi connectivity index (χ0) is 21.1. The van der Waals surface area contributed by atoms with Crippen molar-refractivity contribution >= 4 is 23.2 Å². The Kier molecular flexibility index (Phi) is 5.58. The van der Waals surface area contributed by atoms with Gasteiger partial charge in [0, 0.05) is 36.6 Å². The van der Waals surface area contributed by atoms with Gasteiger partial charge in [-0.3, -0.25) is 4.98 Å². The van der Waals surface area contributed by atoms with E-state index in [0.717, 1.165) is 34.6 Å². The van der Waals surface area contributed by atoms with E-state index in [0.29, 0.717) is 18.4 Å². The molecule has 0 spiro atoms. The van der Waals surface area contributed by atoms with E-state index in [-0.39, 0.29) is 0 Å². The molecule has 4 rings (SSSR count). The highest BCUT2D eigenvalue weighted by Crippen LogP contribution is 2.27. The van der Waals surface area contributed by atoms with Crippen molar-refractivity contribution in [1.29, 1.82) is 0 Å². The number of aliphatic hydroxyl groups is 1. The minimum absolute atomic E-state index is 0.369. The van der Waals surface area contributed by atoms with Gasteiger partial charge in [0.1, 0.15) is 0 Å². The third-order valence-corrected chi connectivity index (χ3v) is 4.88. The Morgan fingerprint density at radius 1 is 1.13 bits per heavy atom. The number of rotatable bonds is 7. The Bertz CT molecular complexity index is 1120. The summed E-state index contributed by atoms with van der Waals surface area (Å²) in [6.07, 6.45) is 3.93. The highest BCUT2D eigenvalue weighted by molar-refractivity contribution is 5.67. The number of hydrogen-bond donors (Lipinski definition) is 2. The standard InChI is InChI=1S/C22H25N7O/c1-4-16-14-25-29-20(16)26-21(24-13-15(2)30)27-22(29)28(3)18-10-8-17(9-11-18)19-7-5-6-12-23-19/h5-12,14-15,30H,4,13H2,1-3H3,(H,24,26)/t15-/m1/s1. The number of nitrogens with one attached hydrogen (secondary N) is 1. The van der Waals surface area contributed by atoms with Crippen molar-refractivity contribution in [1.82, 2.24) is 24.6 Å². The Hall–Kier alpha value is -3.52. The molecule has 154 valence electrons. The molecule has 8 heteroatoms. The summed E-state index contributed by atoms with van der Waals surface area (Å²) in [5.74, 6) is 1.10. The van der Waals surface area contributed by atoms with Crippen molar-refractivity contribution in [3.05, 3.63) is 60.4 Å². The Labute approximate surface area is 175 Å². The number of fused-ring (bicyclic) bond motifs is 1. The molecule has 4 aromatic rings. The molecule has 0 radical (unpaired) electrons. The van der Waals surface area contributed by atoms with Gasteiger partial charge in [0.15, 0.2) is 5.65 Å². The van der Waals surface area contributed by atoms with Crippen molar-refractivity contribution in [3.63, 3.8) is 0 Å². The normalized spacial score (nSPS) is 12.1. The molecule has 0 amide bonds. The first-order valence-corrected chi connectivity index (χ1v) is 9.98. The molecule has 0 saturated carbocycles. The molecule has 1 atom stereocenters. The van der Waals surface area contributed by atoms with Crippen LogP contribution in [0.25, 0.3) is 16.9 Å². The molecular weight excluding hydrogens is 378 g/mol. The predicted molar refractivity (Wildman–Crippen MR) is 118 cm³/mol. The van der Waals surface area contributed by atoms with Gasteiger partial charge in [-0.2, -0.15) is 19.6 Å². The first-order chi connectivity index (χ1) is 14.6. The minimum Gasteiger partial charge on any atom is -0.392 e. The van der Waals surface area contributed by atoms with Crippen molar-refractivity contribution in [2.75, 3.05) is 23.8 Å². The molecule has 1 aromatic carbocycles. The number of aromatic nitrogens is 5. The van der Waals surface area contributed by atoms with Crippen LogP contribution in [0.15, 0.2) is 54.9 Å². The second kappa shape index (κ2) is 8.46. The lowest BCUT2D eigenvalue weighted by molar-refractivity contribution is 0.208. The lowest BCUT2D eigenvalue weighted by Crippen LogP contribution is -2.21. The van der Waals surface area contributed by atoms with E-state index in [1.54, 1.807) is 17.6 Å². The van der Waals surface area contributed by atoms with E-state index in [1.807, 2.05) is 60.6 Å². The van der Waals surface area contributed by atoms with Crippen LogP contribution in [0.2, 0.25) is 0 Å². The molecule has 0 saturated heterocycles. The van der Waals surface area contributed by atoms with Gasteiger partial charge in [-0.15, -0.1) is 0 Å². The summed E-state index contributed by atoms with van der Waals surface area (Å²) in [5.41, 5.74) is 4.74. The van der Waals surface area contributed by atoms with Gasteiger partial charge in [0.2, 0.25) is 11.9 Å². The fourth-order valence-corrected chi connectivity index (χ4v) is 3.20. The maximum absolute atomic E-state index is 9.61. The van der Waals surface area contributed by atoms with Gasteiger partial charge in [0.05, 0.1) is 18.0 Å². The van der Waals surface area contributed by atoms with Gasteiger partial charge < -0.3 is 15.3 Å². The van der Waals surface area contributed by atoms with E-state index in [1.165, 1.54) is 0 Å². The number of pyridine rings is 1. The van der Waals surface area contributed by atoms with Gasteiger partial charge in [-0.1, -0.05) is 25.1 Å². The topological polar surface area (TPSA) is 91.5 Å². The highest BCUT2D eigenvalue weighted by Gasteiger charge is 2.17. The molecule has 0 bridgehead atoms. The lowest BCUT2D eigenvalue weighted by atomic mass is 10.1. The molecule has 30 heavy (non-hydrogen) atoms. The zero-order valence-corrected chi connectivity index (χ0v) is 17.3. The lowest BCUT2D eigenvalue weighted by Gasteiger charge is -2.20. The summed E-state index contributed by atoms with van der Waals surface area (Å²) in [5, 5.41) is 17.2. The van der Waals surface area contributed by atoms with Crippen LogP contribution in [0.1, 0.15) is 19.4 Å². The number of aliphatic hydroxyl groups excluding tert-OH is 1. The number of aryl methyl sites for hydroxylation is 1. The summed E-state index contributed by atoms with van der Waals surface area (Å²) in [4.78, 5) is 15.6. The van der Waals surface area contributed by atoms with Gasteiger partial charge >= 0.3 is 0 Å². The molecular formula is C22H25N7O. The van der Waals surface area contributed by atoms with E-state index < -0.39 is 6.10 Å². The SMILES string of the molecule is CCc1cnn2c(N(C)c3ccc(-c4ccccn4)cc3)nc(NC[C@@H](C)O)nc12. The van der Waals surface area contributed by atoms with Crippen LogP contribution in [0.5, 0.6) is 0 Å². The maximum atomic E-state index is 9.61. The van der Waals surface area contributed by atoms with E-state index in [2.05, 4.69) is 32.3 Å². The molecule has 3 heterocycles. The molecule has 0 aliphatic carbocycles. The summed E-state index contributed by atoms with van der Waals surface area (Å²) in [6.45, 7) is 4.16. The van der Waals surface area contributed by atoms with E-state index in [4.69, 9.17) is 0 Å². The summed E-state index contributed by atoms with van der Waals surface area (Å²) in [6, 6.07) is 14.0. The quantitative estimate of drug-likeness (QED) is 0.489. The second-order valence-corrected chi connectivity index (χ2v) is 7.16. The summed E-state index contributed by atoms with van der Waals surface area (Å²) >= 11 is 0. The van der Waals surface area contributed by atoms with Crippen LogP contribution >= 0.6 is 0 Å². The fourth-order valence-electron chi connectivity index (χ4n) is 3.20. The van der Waals surface area contributed by atoms with Crippen molar-refractivity contribution in [2.45, 2.75) is 26.4 Å². The summed E-state index contributed by atoms with van der Waals surface area (Å²) < 4.78 is 1.75. The maximum Gasteiger partial charge on any atom is 0.236 e. The number of benzene rings is 1. The van der Waals surface area contributed by atoms with Gasteiger partial charge in [0.25, 0.3) is 0 Å². The second-order valence-electron chi connectivity index (χ2n) is 7.16. The number of anilines is 3. The highest BCUT2D eigenvalue weighted by atomic mass is 16.3. The monoisotopic (exact) mass is 403 g/mol. The third kappa shape index (κ3) is 3.95.